The molecule has 6 heteroatoms. The minimum atomic E-state index is -0.100. The summed E-state index contributed by atoms with van der Waals surface area (Å²) in [5.41, 5.74) is 9.79. The number of amides is 1. The quantitative estimate of drug-likeness (QED) is 0.793. The summed E-state index contributed by atoms with van der Waals surface area (Å²) in [6.07, 6.45) is 7.15. The van der Waals surface area contributed by atoms with Gasteiger partial charge in [-0.25, -0.2) is 0 Å². The van der Waals surface area contributed by atoms with Gasteiger partial charge in [-0.05, 0) is 75.7 Å². The standard InChI is InChI=1S/C26H34N4O2/c1-25(2)17-19-4-3-5-20(23(19)32-25)18-29-12-7-26(8-13-29)9-14-30(15-10-26)24(31)22-16-21(27)6-11-28-22/h3-6,11,16H,7-10,12-15,17-18H2,1-2H3,(H2,27,28). The number of carbonyl (C=O) groups excluding carboxylic acids is 1. The van der Waals surface area contributed by atoms with Gasteiger partial charge in [0.1, 0.15) is 17.0 Å². The lowest BCUT2D eigenvalue weighted by atomic mass is 9.71. The first-order valence-electron chi connectivity index (χ1n) is 11.9. The Kier molecular flexibility index (Phi) is 5.36. The van der Waals surface area contributed by atoms with Gasteiger partial charge in [0.05, 0.1) is 0 Å². The van der Waals surface area contributed by atoms with Crippen LogP contribution in [0, 0.1) is 5.41 Å². The first kappa shape index (κ1) is 21.3. The number of nitrogens with two attached hydrogens (primary N) is 1. The largest absolute Gasteiger partial charge is 0.487 e. The van der Waals surface area contributed by atoms with Gasteiger partial charge in [-0.1, -0.05) is 18.2 Å². The number of nitrogens with zero attached hydrogens (tertiary/aromatic N) is 3. The number of fused-ring (bicyclic) bond motifs is 1. The molecule has 4 heterocycles. The number of carbonyl (C=O) groups is 1. The van der Waals surface area contributed by atoms with E-state index in [1.807, 2.05) is 4.90 Å². The van der Waals surface area contributed by atoms with Crippen LogP contribution < -0.4 is 10.5 Å². The molecule has 3 aliphatic heterocycles. The van der Waals surface area contributed by atoms with Crippen LogP contribution in [0.15, 0.2) is 36.5 Å². The normalized spacial score (nSPS) is 21.9. The number of nitrogen functional groups attached to an aromatic ring is 1. The maximum atomic E-state index is 12.8. The number of aromatic nitrogens is 1. The van der Waals surface area contributed by atoms with Crippen molar-refractivity contribution in [2.75, 3.05) is 31.9 Å². The Labute approximate surface area is 190 Å². The van der Waals surface area contributed by atoms with E-state index in [0.29, 0.717) is 16.8 Å². The van der Waals surface area contributed by atoms with E-state index < -0.39 is 0 Å². The van der Waals surface area contributed by atoms with Gasteiger partial charge >= 0.3 is 0 Å². The van der Waals surface area contributed by atoms with Gasteiger partial charge in [-0.3, -0.25) is 14.7 Å². The van der Waals surface area contributed by atoms with Crippen LogP contribution in [0.4, 0.5) is 5.69 Å². The Balaban J connectivity index is 1.16. The molecule has 1 aromatic heterocycles. The number of hydrogen-bond donors (Lipinski definition) is 1. The highest BCUT2D eigenvalue weighted by atomic mass is 16.5. The average molecular weight is 435 g/mol. The van der Waals surface area contributed by atoms with E-state index in [4.69, 9.17) is 10.5 Å². The molecule has 2 aromatic rings. The first-order chi connectivity index (χ1) is 15.3. The zero-order valence-electron chi connectivity index (χ0n) is 19.3. The molecule has 170 valence electrons. The van der Waals surface area contributed by atoms with Crippen molar-refractivity contribution in [3.8, 4) is 5.75 Å². The number of anilines is 1. The Bertz CT molecular complexity index is 1000. The molecular weight excluding hydrogens is 400 g/mol. The van der Waals surface area contributed by atoms with Gasteiger partial charge in [0.25, 0.3) is 5.91 Å². The predicted molar refractivity (Wildman–Crippen MR) is 126 cm³/mol. The summed E-state index contributed by atoms with van der Waals surface area (Å²) in [6.45, 7) is 9.13. The molecule has 2 fully saturated rings. The Hall–Kier alpha value is -2.60. The van der Waals surface area contributed by atoms with Crippen LogP contribution >= 0.6 is 0 Å². The number of likely N-dealkylation sites (tertiary alicyclic amines) is 2. The van der Waals surface area contributed by atoms with Crippen LogP contribution in [0.5, 0.6) is 5.75 Å². The van der Waals surface area contributed by atoms with Gasteiger partial charge < -0.3 is 15.4 Å². The van der Waals surface area contributed by atoms with Crippen LogP contribution in [-0.2, 0) is 13.0 Å². The maximum Gasteiger partial charge on any atom is 0.272 e. The molecule has 1 aromatic carbocycles. The molecule has 0 radical (unpaired) electrons. The SMILES string of the molecule is CC1(C)Cc2cccc(CN3CCC4(CC3)CCN(C(=O)c3cc(N)ccn3)CC4)c2O1. The lowest BCUT2D eigenvalue weighted by molar-refractivity contribution is 0.0279. The summed E-state index contributed by atoms with van der Waals surface area (Å²) in [4.78, 5) is 21.5. The zero-order chi connectivity index (χ0) is 22.3. The fourth-order valence-corrected chi connectivity index (χ4v) is 5.64. The third-order valence-electron chi connectivity index (χ3n) is 7.60. The molecule has 6 nitrogen and oxygen atoms in total. The summed E-state index contributed by atoms with van der Waals surface area (Å²) < 4.78 is 6.28. The second-order valence-corrected chi connectivity index (χ2v) is 10.5. The molecule has 0 saturated carbocycles. The number of pyridine rings is 1. The van der Waals surface area contributed by atoms with Crippen molar-refractivity contribution in [3.63, 3.8) is 0 Å². The number of hydrogen-bond acceptors (Lipinski definition) is 5. The summed E-state index contributed by atoms with van der Waals surface area (Å²) in [5.74, 6) is 1.12. The molecule has 1 spiro atoms. The van der Waals surface area contributed by atoms with Crippen LogP contribution in [0.2, 0.25) is 0 Å². The molecule has 1 amide bonds. The van der Waals surface area contributed by atoms with E-state index in [9.17, 15) is 4.79 Å². The molecular formula is C26H34N4O2. The predicted octanol–water partition coefficient (Wildman–Crippen LogP) is 3.90. The van der Waals surface area contributed by atoms with E-state index in [1.54, 1.807) is 18.3 Å². The van der Waals surface area contributed by atoms with Crippen molar-refractivity contribution < 1.29 is 9.53 Å². The lowest BCUT2D eigenvalue weighted by Gasteiger charge is -2.47. The number of piperidine rings is 2. The van der Waals surface area contributed by atoms with Crippen molar-refractivity contribution >= 4 is 11.6 Å². The number of rotatable bonds is 3. The highest BCUT2D eigenvalue weighted by molar-refractivity contribution is 5.93. The third kappa shape index (κ3) is 4.20. The minimum Gasteiger partial charge on any atom is -0.487 e. The maximum absolute atomic E-state index is 12.8. The van der Waals surface area contributed by atoms with Crippen molar-refractivity contribution in [1.82, 2.24) is 14.8 Å². The van der Waals surface area contributed by atoms with Gasteiger partial charge in [0, 0.05) is 43.5 Å². The van der Waals surface area contributed by atoms with E-state index >= 15 is 0 Å². The summed E-state index contributed by atoms with van der Waals surface area (Å²) in [5, 5.41) is 0. The Morgan fingerprint density at radius 1 is 1.09 bits per heavy atom. The van der Waals surface area contributed by atoms with Crippen molar-refractivity contribution in [2.45, 2.75) is 58.1 Å². The minimum absolute atomic E-state index is 0.00504. The van der Waals surface area contributed by atoms with Crippen molar-refractivity contribution in [1.29, 1.82) is 0 Å². The van der Waals surface area contributed by atoms with Gasteiger partial charge in [-0.15, -0.1) is 0 Å². The van der Waals surface area contributed by atoms with E-state index in [0.717, 1.165) is 57.7 Å². The highest BCUT2D eigenvalue weighted by Crippen LogP contribution is 2.43. The molecule has 2 saturated heterocycles. The molecule has 3 aliphatic rings. The second kappa shape index (κ2) is 8.07. The van der Waals surface area contributed by atoms with Crippen LogP contribution in [0.25, 0.3) is 0 Å². The van der Waals surface area contributed by atoms with Gasteiger partial charge in [0.2, 0.25) is 0 Å². The molecule has 2 N–H and O–H groups in total. The van der Waals surface area contributed by atoms with Crippen LogP contribution in [0.1, 0.15) is 61.1 Å². The molecule has 0 unspecified atom stereocenters. The number of benzene rings is 1. The third-order valence-corrected chi connectivity index (χ3v) is 7.60. The van der Waals surface area contributed by atoms with Crippen LogP contribution in [0.3, 0.4) is 0 Å². The fourth-order valence-electron chi connectivity index (χ4n) is 5.64. The average Bonchev–Trinajstić information content (AvgIpc) is 3.10. The van der Waals surface area contributed by atoms with E-state index in [-0.39, 0.29) is 11.5 Å². The summed E-state index contributed by atoms with van der Waals surface area (Å²) in [7, 11) is 0. The van der Waals surface area contributed by atoms with Gasteiger partial charge in [0.15, 0.2) is 0 Å². The summed E-state index contributed by atoms with van der Waals surface area (Å²) in [6, 6.07) is 9.99. The van der Waals surface area contributed by atoms with Crippen molar-refractivity contribution in [3.05, 3.63) is 53.3 Å². The molecule has 0 aliphatic carbocycles. The summed E-state index contributed by atoms with van der Waals surface area (Å²) >= 11 is 0. The van der Waals surface area contributed by atoms with E-state index in [2.05, 4.69) is 41.9 Å². The van der Waals surface area contributed by atoms with E-state index in [1.165, 1.54) is 24.0 Å². The first-order valence-corrected chi connectivity index (χ1v) is 11.9. The Morgan fingerprint density at radius 3 is 2.53 bits per heavy atom. The molecule has 0 bridgehead atoms. The smallest absolute Gasteiger partial charge is 0.272 e. The van der Waals surface area contributed by atoms with Gasteiger partial charge in [-0.2, -0.15) is 0 Å². The van der Waals surface area contributed by atoms with Crippen molar-refractivity contribution in [2.24, 2.45) is 5.41 Å². The fraction of sp³-hybridized carbons (Fsp3) is 0.538. The molecule has 32 heavy (non-hydrogen) atoms. The molecule has 0 atom stereocenters. The zero-order valence-corrected chi connectivity index (χ0v) is 19.3. The second-order valence-electron chi connectivity index (χ2n) is 10.5. The Morgan fingerprint density at radius 2 is 1.81 bits per heavy atom. The number of para-hydroxylation sites is 1. The van der Waals surface area contributed by atoms with Crippen LogP contribution in [-0.4, -0.2) is 52.5 Å². The topological polar surface area (TPSA) is 71.7 Å². The number of ether oxygens (including phenoxy) is 1. The monoisotopic (exact) mass is 434 g/mol. The highest BCUT2D eigenvalue weighted by Gasteiger charge is 2.39. The lowest BCUT2D eigenvalue weighted by Crippen LogP contribution is -2.48. The molecule has 5 rings (SSSR count).